The zero-order valence-corrected chi connectivity index (χ0v) is 19.5. The van der Waals surface area contributed by atoms with E-state index in [1.54, 1.807) is 11.9 Å². The highest BCUT2D eigenvalue weighted by molar-refractivity contribution is 6.19. The van der Waals surface area contributed by atoms with E-state index in [9.17, 15) is 4.79 Å². The zero-order valence-electron chi connectivity index (χ0n) is 19.5. The summed E-state index contributed by atoms with van der Waals surface area (Å²) < 4.78 is 13.3. The normalized spacial score (nSPS) is 17.8. The van der Waals surface area contributed by atoms with Gasteiger partial charge in [0, 0.05) is 39.0 Å². The van der Waals surface area contributed by atoms with Crippen molar-refractivity contribution < 1.29 is 14.3 Å². The number of allylic oxidation sites excluding steroid dienone is 2. The van der Waals surface area contributed by atoms with Crippen LogP contribution in [0, 0.1) is 6.42 Å². The fourth-order valence-electron chi connectivity index (χ4n) is 3.40. The van der Waals surface area contributed by atoms with Gasteiger partial charge in [-0.1, -0.05) is 6.08 Å². The lowest BCUT2D eigenvalue weighted by Crippen LogP contribution is -2.43. The molecule has 0 saturated carbocycles. The number of amides is 1. The number of amidine groups is 1. The first-order valence-corrected chi connectivity index (χ1v) is 11.1. The van der Waals surface area contributed by atoms with Crippen molar-refractivity contribution in [3.05, 3.63) is 48.4 Å². The largest absolute Gasteiger partial charge is 0.444 e. The van der Waals surface area contributed by atoms with Crippen LogP contribution in [0.5, 0.6) is 0 Å². The molecule has 33 heavy (non-hydrogen) atoms. The number of carbonyl (C=O) groups is 1. The molecule has 4 rings (SSSR count). The molecule has 2 aromatic rings. The van der Waals surface area contributed by atoms with E-state index in [2.05, 4.69) is 20.2 Å². The molecule has 2 aliphatic rings. The standard InChI is InChI=1S/C23H30N7O3/c1-23(2,3)33-22(31)30-13-9-17(10-14-30)32-15-18(24-4)25-19(16-7-8-16)20-26-21(28-27-20)29-11-5-6-12-29/h5-8,11-12,17H,9-10,13-15H2,1-4H3,(H,26,27,28). The molecule has 1 amide bonds. The Balaban J connectivity index is 1.33. The van der Waals surface area contributed by atoms with Crippen molar-refractivity contribution in [3.63, 3.8) is 0 Å². The summed E-state index contributed by atoms with van der Waals surface area (Å²) in [4.78, 5) is 27.5. The molecular formula is C23H30N7O3. The van der Waals surface area contributed by atoms with E-state index < -0.39 is 5.60 Å². The van der Waals surface area contributed by atoms with Crippen LogP contribution < -0.4 is 0 Å². The molecule has 0 bridgehead atoms. The van der Waals surface area contributed by atoms with Crippen LogP contribution in [0.15, 0.2) is 46.2 Å². The maximum atomic E-state index is 12.2. The Hall–Kier alpha value is -3.27. The van der Waals surface area contributed by atoms with Gasteiger partial charge in [-0.25, -0.2) is 9.79 Å². The number of carbonyl (C=O) groups excluding carboxylic acids is 1. The van der Waals surface area contributed by atoms with Gasteiger partial charge in [0.05, 0.1) is 6.10 Å². The average Bonchev–Trinajstić information content (AvgIpc) is 3.25. The number of aromatic nitrogens is 4. The van der Waals surface area contributed by atoms with Gasteiger partial charge in [-0.2, -0.15) is 4.98 Å². The molecule has 3 heterocycles. The second kappa shape index (κ2) is 9.70. The number of aliphatic imine (C=N–C) groups is 2. The third kappa shape index (κ3) is 6.16. The van der Waals surface area contributed by atoms with E-state index >= 15 is 0 Å². The Morgan fingerprint density at radius 3 is 2.55 bits per heavy atom. The van der Waals surface area contributed by atoms with Crippen molar-refractivity contribution in [2.24, 2.45) is 9.98 Å². The van der Waals surface area contributed by atoms with Gasteiger partial charge in [-0.3, -0.25) is 14.7 Å². The number of hydrogen-bond donors (Lipinski definition) is 1. The lowest BCUT2D eigenvalue weighted by molar-refractivity contribution is -0.00292. The number of nitrogens with zero attached hydrogens (tertiary/aromatic N) is 6. The number of aromatic amines is 1. The molecule has 0 atom stereocenters. The van der Waals surface area contributed by atoms with E-state index in [0.29, 0.717) is 36.4 Å². The highest BCUT2D eigenvalue weighted by atomic mass is 16.6. The zero-order chi connectivity index (χ0) is 23.4. The molecule has 0 aromatic carbocycles. The molecule has 2 aromatic heterocycles. The lowest BCUT2D eigenvalue weighted by Gasteiger charge is -2.33. The summed E-state index contributed by atoms with van der Waals surface area (Å²) in [7, 11) is 1.70. The van der Waals surface area contributed by atoms with Crippen LogP contribution in [0.4, 0.5) is 4.79 Å². The summed E-state index contributed by atoms with van der Waals surface area (Å²) in [6.45, 7) is 7.11. The quantitative estimate of drug-likeness (QED) is 0.535. The second-order valence-electron chi connectivity index (χ2n) is 8.94. The Bertz CT molecular complexity index is 1050. The van der Waals surface area contributed by atoms with Gasteiger partial charge in [0.25, 0.3) is 5.95 Å². The van der Waals surface area contributed by atoms with Crippen molar-refractivity contribution in [2.45, 2.75) is 45.3 Å². The van der Waals surface area contributed by atoms with Crippen LogP contribution in [0.3, 0.4) is 0 Å². The first-order valence-electron chi connectivity index (χ1n) is 11.1. The molecule has 1 aliphatic carbocycles. The van der Waals surface area contributed by atoms with Crippen molar-refractivity contribution in [1.29, 1.82) is 0 Å². The Labute approximate surface area is 193 Å². The van der Waals surface area contributed by atoms with Gasteiger partial charge in [0.1, 0.15) is 23.8 Å². The van der Waals surface area contributed by atoms with Crippen LogP contribution in [0.25, 0.3) is 5.95 Å². The summed E-state index contributed by atoms with van der Waals surface area (Å²) in [5, 5.41) is 7.24. The first kappa shape index (κ1) is 22.9. The summed E-state index contributed by atoms with van der Waals surface area (Å²) in [5.74, 6) is 1.69. The van der Waals surface area contributed by atoms with E-state index in [1.165, 1.54) is 0 Å². The maximum Gasteiger partial charge on any atom is 0.410 e. The molecule has 1 radical (unpaired) electrons. The fourth-order valence-corrected chi connectivity index (χ4v) is 3.40. The van der Waals surface area contributed by atoms with E-state index in [1.807, 2.05) is 62.4 Å². The van der Waals surface area contributed by atoms with Gasteiger partial charge in [0.2, 0.25) is 0 Å². The molecule has 0 unspecified atom stereocenters. The molecule has 10 heteroatoms. The van der Waals surface area contributed by atoms with Crippen LogP contribution in [-0.4, -0.2) is 80.7 Å². The smallest absolute Gasteiger partial charge is 0.410 e. The van der Waals surface area contributed by atoms with Crippen molar-refractivity contribution in [1.82, 2.24) is 24.6 Å². The lowest BCUT2D eigenvalue weighted by atomic mass is 10.1. The number of hydrogen-bond acceptors (Lipinski definition) is 6. The monoisotopic (exact) mass is 452 g/mol. The minimum Gasteiger partial charge on any atom is -0.444 e. The van der Waals surface area contributed by atoms with Crippen LogP contribution in [-0.2, 0) is 9.47 Å². The third-order valence-electron chi connectivity index (χ3n) is 5.18. The molecule has 1 N–H and O–H groups in total. The molecule has 1 fully saturated rings. The molecular weight excluding hydrogens is 422 g/mol. The van der Waals surface area contributed by atoms with Gasteiger partial charge >= 0.3 is 6.09 Å². The maximum absolute atomic E-state index is 12.2. The number of likely N-dealkylation sites (tertiary alicyclic amines) is 1. The molecule has 1 saturated heterocycles. The van der Waals surface area contributed by atoms with E-state index in [4.69, 9.17) is 14.5 Å². The average molecular weight is 453 g/mol. The topological polar surface area (TPSA) is 110 Å². The highest BCUT2D eigenvalue weighted by Crippen LogP contribution is 2.23. The van der Waals surface area contributed by atoms with Gasteiger partial charge in [0.15, 0.2) is 5.82 Å². The molecule has 1 aliphatic heterocycles. The Kier molecular flexibility index (Phi) is 6.73. The number of rotatable bonds is 6. The Morgan fingerprint density at radius 2 is 1.94 bits per heavy atom. The summed E-state index contributed by atoms with van der Waals surface area (Å²) in [6, 6.07) is 3.83. The summed E-state index contributed by atoms with van der Waals surface area (Å²) in [6.07, 6.45) is 8.96. The Morgan fingerprint density at radius 1 is 1.24 bits per heavy atom. The van der Waals surface area contributed by atoms with Crippen LogP contribution >= 0.6 is 0 Å². The van der Waals surface area contributed by atoms with Gasteiger partial charge in [-0.05, 0) is 51.3 Å². The molecule has 10 nitrogen and oxygen atoms in total. The SMILES string of the molecule is CN=C(COC1CCN(C(=O)OC(C)(C)C)CC1)N=C(C1=C[CH]1)c1nc(-n2cccc2)n[nH]1. The number of nitrogens with one attached hydrogen (secondary N) is 1. The third-order valence-corrected chi connectivity index (χ3v) is 5.18. The van der Waals surface area contributed by atoms with Crippen LogP contribution in [0.2, 0.25) is 0 Å². The minimum atomic E-state index is -0.493. The fraction of sp³-hybridized carbons (Fsp3) is 0.478. The first-order chi connectivity index (χ1) is 15.8. The van der Waals surface area contributed by atoms with Crippen molar-refractivity contribution >= 4 is 17.6 Å². The number of ether oxygens (including phenoxy) is 2. The van der Waals surface area contributed by atoms with Gasteiger partial charge in [-0.15, -0.1) is 5.10 Å². The predicted octanol–water partition coefficient (Wildman–Crippen LogP) is 2.97. The highest BCUT2D eigenvalue weighted by Gasteiger charge is 2.28. The van der Waals surface area contributed by atoms with Crippen molar-refractivity contribution in [2.75, 3.05) is 26.7 Å². The second-order valence-corrected chi connectivity index (χ2v) is 8.94. The summed E-state index contributed by atoms with van der Waals surface area (Å²) >= 11 is 0. The molecule has 175 valence electrons. The molecule has 0 spiro atoms. The van der Waals surface area contributed by atoms with Crippen molar-refractivity contribution in [3.8, 4) is 5.95 Å². The predicted molar refractivity (Wildman–Crippen MR) is 125 cm³/mol. The summed E-state index contributed by atoms with van der Waals surface area (Å²) in [5.41, 5.74) is 1.18. The van der Waals surface area contributed by atoms with Gasteiger partial charge < -0.3 is 14.4 Å². The van der Waals surface area contributed by atoms with E-state index in [-0.39, 0.29) is 18.8 Å². The minimum absolute atomic E-state index is 0.0383. The number of H-pyrrole nitrogens is 1. The van der Waals surface area contributed by atoms with E-state index in [0.717, 1.165) is 18.4 Å². The number of piperidine rings is 1. The van der Waals surface area contributed by atoms with Crippen LogP contribution in [0.1, 0.15) is 39.4 Å².